The van der Waals surface area contributed by atoms with Crippen molar-refractivity contribution in [1.29, 1.82) is 0 Å². The molecule has 0 spiro atoms. The van der Waals surface area contributed by atoms with Gasteiger partial charge in [0.15, 0.2) is 6.10 Å². The lowest BCUT2D eigenvalue weighted by atomic mass is 10.0. The Kier molecular flexibility index (Phi) is 35.6. The largest absolute Gasteiger partial charge is 0.472 e. The molecule has 290 valence electrons. The van der Waals surface area contributed by atoms with E-state index in [1.165, 1.54) is 109 Å². The quantitative estimate of drug-likeness (QED) is 0.0277. The average Bonchev–Trinajstić information content (AvgIpc) is 3.08. The predicted molar refractivity (Wildman–Crippen MR) is 201 cm³/mol. The number of hydrogen-bond acceptors (Lipinski definition) is 8. The Labute approximate surface area is 300 Å². The molecule has 0 aliphatic heterocycles. The normalized spacial score (nSPS) is 13.5. The van der Waals surface area contributed by atoms with E-state index < -0.39 is 26.5 Å². The molecular weight excluding hydrogens is 641 g/mol. The van der Waals surface area contributed by atoms with Gasteiger partial charge >= 0.3 is 19.8 Å². The number of rotatable bonds is 38. The minimum Gasteiger partial charge on any atom is -0.462 e. The number of phosphoric acid groups is 1. The van der Waals surface area contributed by atoms with Crippen molar-refractivity contribution in [3.05, 3.63) is 12.2 Å². The van der Waals surface area contributed by atoms with Gasteiger partial charge in [-0.25, -0.2) is 4.57 Å². The minimum absolute atomic E-state index is 0.0546. The topological polar surface area (TPSA) is 134 Å². The van der Waals surface area contributed by atoms with E-state index >= 15 is 0 Å². The van der Waals surface area contributed by atoms with Crippen LogP contribution in [0.1, 0.15) is 194 Å². The van der Waals surface area contributed by atoms with Gasteiger partial charge in [-0.2, -0.15) is 0 Å². The second kappa shape index (κ2) is 36.5. The van der Waals surface area contributed by atoms with Crippen molar-refractivity contribution in [2.75, 3.05) is 26.4 Å². The van der Waals surface area contributed by atoms with Gasteiger partial charge in [-0.3, -0.25) is 18.6 Å². The van der Waals surface area contributed by atoms with E-state index in [-0.39, 0.29) is 38.6 Å². The van der Waals surface area contributed by atoms with Crippen LogP contribution in [0.2, 0.25) is 0 Å². The van der Waals surface area contributed by atoms with Crippen molar-refractivity contribution < 1.29 is 37.6 Å². The fourth-order valence-corrected chi connectivity index (χ4v) is 6.39. The van der Waals surface area contributed by atoms with Gasteiger partial charge in [-0.15, -0.1) is 0 Å². The number of allylic oxidation sites excluding steroid dienone is 2. The highest BCUT2D eigenvalue weighted by molar-refractivity contribution is 7.47. The fourth-order valence-electron chi connectivity index (χ4n) is 5.63. The Balaban J connectivity index is 4.18. The summed E-state index contributed by atoms with van der Waals surface area (Å²) in [4.78, 5) is 34.7. The zero-order valence-corrected chi connectivity index (χ0v) is 32.6. The van der Waals surface area contributed by atoms with Crippen LogP contribution < -0.4 is 5.73 Å². The molecule has 49 heavy (non-hydrogen) atoms. The van der Waals surface area contributed by atoms with Crippen LogP contribution in [0.25, 0.3) is 0 Å². The van der Waals surface area contributed by atoms with Crippen LogP contribution >= 0.6 is 7.82 Å². The highest BCUT2D eigenvalue weighted by atomic mass is 31.2. The minimum atomic E-state index is -4.37. The molecule has 0 aliphatic rings. The number of nitrogens with two attached hydrogens (primary N) is 1. The summed E-state index contributed by atoms with van der Waals surface area (Å²) < 4.78 is 32.7. The summed E-state index contributed by atoms with van der Waals surface area (Å²) in [5, 5.41) is 0. The molecule has 9 nitrogen and oxygen atoms in total. The van der Waals surface area contributed by atoms with Crippen LogP contribution in [0.3, 0.4) is 0 Å². The third-order valence-corrected chi connectivity index (χ3v) is 9.64. The van der Waals surface area contributed by atoms with E-state index in [0.717, 1.165) is 51.4 Å². The molecule has 0 aliphatic carbocycles. The lowest BCUT2D eigenvalue weighted by molar-refractivity contribution is -0.161. The molecule has 0 saturated carbocycles. The van der Waals surface area contributed by atoms with Crippen molar-refractivity contribution in [3.8, 4) is 0 Å². The van der Waals surface area contributed by atoms with Gasteiger partial charge in [0.1, 0.15) is 6.61 Å². The van der Waals surface area contributed by atoms with Crippen LogP contribution in [0.15, 0.2) is 12.2 Å². The average molecular weight is 718 g/mol. The first-order valence-electron chi connectivity index (χ1n) is 20.2. The Bertz CT molecular complexity index is 825. The number of carbonyl (C=O) groups is 2. The summed E-state index contributed by atoms with van der Waals surface area (Å²) >= 11 is 0. The highest BCUT2D eigenvalue weighted by Gasteiger charge is 2.26. The number of unbranched alkanes of at least 4 members (excludes halogenated alkanes) is 23. The molecule has 3 N–H and O–H groups in total. The molecule has 0 aromatic carbocycles. The number of esters is 2. The van der Waals surface area contributed by atoms with E-state index in [1.54, 1.807) is 0 Å². The maximum absolute atomic E-state index is 12.5. The van der Waals surface area contributed by atoms with Crippen LogP contribution in [0.4, 0.5) is 0 Å². The van der Waals surface area contributed by atoms with Crippen LogP contribution in [-0.2, 0) is 32.7 Å². The zero-order chi connectivity index (χ0) is 36.1. The van der Waals surface area contributed by atoms with Gasteiger partial charge in [-0.05, 0) is 38.5 Å². The Morgan fingerprint density at radius 2 is 1.00 bits per heavy atom. The first kappa shape index (κ1) is 47.8. The summed E-state index contributed by atoms with van der Waals surface area (Å²) in [5.74, 6) is -0.831. The maximum atomic E-state index is 12.5. The third kappa shape index (κ3) is 36.3. The van der Waals surface area contributed by atoms with Gasteiger partial charge < -0.3 is 20.1 Å². The molecule has 2 atom stereocenters. The molecule has 0 saturated heterocycles. The van der Waals surface area contributed by atoms with Gasteiger partial charge in [0.05, 0.1) is 13.2 Å². The van der Waals surface area contributed by atoms with E-state index in [0.29, 0.717) is 6.42 Å². The second-order valence-electron chi connectivity index (χ2n) is 13.5. The van der Waals surface area contributed by atoms with Gasteiger partial charge in [0.2, 0.25) is 0 Å². The summed E-state index contributed by atoms with van der Waals surface area (Å²) in [6.07, 6.45) is 35.2. The lowest BCUT2D eigenvalue weighted by Crippen LogP contribution is -2.29. The molecule has 0 amide bonds. The summed E-state index contributed by atoms with van der Waals surface area (Å²) in [5.41, 5.74) is 5.33. The zero-order valence-electron chi connectivity index (χ0n) is 31.7. The van der Waals surface area contributed by atoms with Crippen molar-refractivity contribution >= 4 is 19.8 Å². The highest BCUT2D eigenvalue weighted by Crippen LogP contribution is 2.43. The van der Waals surface area contributed by atoms with Gasteiger partial charge in [0.25, 0.3) is 0 Å². The van der Waals surface area contributed by atoms with Crippen molar-refractivity contribution in [1.82, 2.24) is 0 Å². The monoisotopic (exact) mass is 718 g/mol. The smallest absolute Gasteiger partial charge is 0.462 e. The second-order valence-corrected chi connectivity index (χ2v) is 15.0. The van der Waals surface area contributed by atoms with Crippen molar-refractivity contribution in [2.45, 2.75) is 200 Å². The first-order valence-corrected chi connectivity index (χ1v) is 21.7. The Morgan fingerprint density at radius 1 is 0.592 bits per heavy atom. The van der Waals surface area contributed by atoms with E-state index in [4.69, 9.17) is 24.3 Å². The maximum Gasteiger partial charge on any atom is 0.472 e. The molecule has 0 aromatic rings. The van der Waals surface area contributed by atoms with Crippen LogP contribution in [0, 0.1) is 0 Å². The number of hydrogen-bond donors (Lipinski definition) is 2. The number of ether oxygens (including phenoxy) is 2. The number of carbonyl (C=O) groups excluding carboxylic acids is 2. The predicted octanol–water partition coefficient (Wildman–Crippen LogP) is 11.1. The molecule has 0 heterocycles. The first-order chi connectivity index (χ1) is 23.8. The summed E-state index contributed by atoms with van der Waals surface area (Å²) in [6.45, 7) is 3.72. The van der Waals surface area contributed by atoms with Crippen molar-refractivity contribution in [2.24, 2.45) is 5.73 Å². The summed E-state index contributed by atoms with van der Waals surface area (Å²) in [7, 11) is -4.37. The van der Waals surface area contributed by atoms with E-state index in [9.17, 15) is 19.0 Å². The Morgan fingerprint density at radius 3 is 1.45 bits per heavy atom. The molecule has 10 heteroatoms. The van der Waals surface area contributed by atoms with E-state index in [2.05, 4.69) is 26.0 Å². The van der Waals surface area contributed by atoms with Gasteiger partial charge in [0, 0.05) is 19.4 Å². The SMILES string of the molecule is CCCCCCC/C=C\CCCCCCCC(=O)OC(COC(=O)CCCCCCCCCCCCCCCC)COP(=O)(O)OCCN. The Hall–Kier alpha value is -1.25. The standard InChI is InChI=1S/C39H76NO8P/c1-3-5-7-9-11-13-15-17-19-21-23-25-27-29-31-38(41)45-35-37(36-47-49(43,44)46-34-33-40)48-39(42)32-30-28-26-24-22-20-18-16-14-12-10-8-6-4-2/h16,18,37H,3-15,17,19-36,40H2,1-2H3,(H,43,44)/b18-16-. The fraction of sp³-hybridized carbons (Fsp3) is 0.897. The van der Waals surface area contributed by atoms with Crippen molar-refractivity contribution in [3.63, 3.8) is 0 Å². The molecule has 2 unspecified atom stereocenters. The molecular formula is C39H76NO8P. The molecule has 0 radical (unpaired) electrons. The van der Waals surface area contributed by atoms with Crippen LogP contribution in [0.5, 0.6) is 0 Å². The number of phosphoric ester groups is 1. The third-order valence-electron chi connectivity index (χ3n) is 8.65. The molecule has 0 bridgehead atoms. The summed E-state index contributed by atoms with van der Waals surface area (Å²) in [6, 6.07) is 0. The molecule has 0 fully saturated rings. The van der Waals surface area contributed by atoms with Gasteiger partial charge in [-0.1, -0.05) is 154 Å². The molecule has 0 rings (SSSR count). The van der Waals surface area contributed by atoms with E-state index in [1.807, 2.05) is 0 Å². The van der Waals surface area contributed by atoms with Crippen LogP contribution in [-0.4, -0.2) is 49.3 Å². The molecule has 0 aromatic heterocycles. The lowest BCUT2D eigenvalue weighted by Gasteiger charge is -2.19.